The fourth-order valence-electron chi connectivity index (χ4n) is 1.81. The molecule has 2 aromatic carbocycles. The first kappa shape index (κ1) is 16.2. The molecule has 0 radical (unpaired) electrons. The molecule has 0 saturated heterocycles. The molecule has 0 heterocycles. The van der Waals surface area contributed by atoms with Crippen molar-refractivity contribution in [1.29, 1.82) is 0 Å². The first-order valence-corrected chi connectivity index (χ1v) is 6.69. The van der Waals surface area contributed by atoms with Gasteiger partial charge < -0.3 is 10.6 Å². The number of hydrogen-bond acceptors (Lipinski definition) is 2. The Bertz CT molecular complexity index is 674. The molecule has 0 saturated carbocycles. The van der Waals surface area contributed by atoms with E-state index in [4.69, 9.17) is 11.6 Å². The Hall–Kier alpha value is -2.21. The zero-order chi connectivity index (χ0) is 16.2. The van der Waals surface area contributed by atoms with Crippen LogP contribution in [0.5, 0.6) is 0 Å². The summed E-state index contributed by atoms with van der Waals surface area (Å²) in [7, 11) is 0. The zero-order valence-electron chi connectivity index (χ0n) is 11.2. The molecule has 2 N–H and O–H groups in total. The quantitative estimate of drug-likeness (QED) is 0.873. The van der Waals surface area contributed by atoms with Crippen molar-refractivity contribution in [3.8, 4) is 0 Å². The van der Waals surface area contributed by atoms with Crippen molar-refractivity contribution >= 4 is 28.9 Å². The Kier molecular flexibility index (Phi) is 4.92. The number of nitrogens with one attached hydrogen (secondary N) is 2. The summed E-state index contributed by atoms with van der Waals surface area (Å²) in [6.45, 7) is -0.174. The number of benzene rings is 2. The predicted octanol–water partition coefficient (Wildman–Crippen LogP) is 4.41. The van der Waals surface area contributed by atoms with Crippen molar-refractivity contribution in [2.24, 2.45) is 0 Å². The second-order valence-electron chi connectivity index (χ2n) is 4.46. The second-order valence-corrected chi connectivity index (χ2v) is 4.89. The van der Waals surface area contributed by atoms with E-state index in [0.717, 1.165) is 6.07 Å². The molecule has 0 spiro atoms. The van der Waals surface area contributed by atoms with Crippen LogP contribution < -0.4 is 10.6 Å². The summed E-state index contributed by atoms with van der Waals surface area (Å²) < 4.78 is 38.4. The van der Waals surface area contributed by atoms with Crippen molar-refractivity contribution in [2.45, 2.75) is 6.18 Å². The lowest BCUT2D eigenvalue weighted by atomic mass is 10.1. The molecule has 0 aliphatic heterocycles. The highest BCUT2D eigenvalue weighted by atomic mass is 35.5. The zero-order valence-corrected chi connectivity index (χ0v) is 12.0. The minimum Gasteiger partial charge on any atom is -0.376 e. The summed E-state index contributed by atoms with van der Waals surface area (Å²) in [5.41, 5.74) is -0.550. The molecule has 2 rings (SSSR count). The number of rotatable bonds is 4. The Morgan fingerprint density at radius 1 is 1.09 bits per heavy atom. The molecule has 0 aliphatic rings. The molecule has 0 aromatic heterocycles. The van der Waals surface area contributed by atoms with Crippen LogP contribution >= 0.6 is 11.6 Å². The molecule has 116 valence electrons. The normalized spacial score (nSPS) is 11.1. The maximum absolute atomic E-state index is 12.8. The van der Waals surface area contributed by atoms with Gasteiger partial charge >= 0.3 is 6.18 Å². The van der Waals surface area contributed by atoms with Crippen LogP contribution in [0.3, 0.4) is 0 Å². The van der Waals surface area contributed by atoms with Gasteiger partial charge in [-0.2, -0.15) is 13.2 Å². The van der Waals surface area contributed by atoms with E-state index in [9.17, 15) is 18.0 Å². The maximum atomic E-state index is 12.8. The molecule has 3 nitrogen and oxygen atoms in total. The number of carbonyl (C=O) groups is 1. The fraction of sp³-hybridized carbons (Fsp3) is 0.133. The first-order chi connectivity index (χ1) is 10.4. The molecule has 0 unspecified atom stereocenters. The van der Waals surface area contributed by atoms with Crippen molar-refractivity contribution in [2.75, 3.05) is 17.2 Å². The summed E-state index contributed by atoms with van der Waals surface area (Å²) in [5.74, 6) is -0.586. The Labute approximate surface area is 130 Å². The number of halogens is 4. The lowest BCUT2D eigenvalue weighted by Crippen LogP contribution is -2.23. The molecular weight excluding hydrogens is 317 g/mol. The molecule has 0 atom stereocenters. The van der Waals surface area contributed by atoms with Crippen LogP contribution in [0, 0.1) is 0 Å². The average molecular weight is 329 g/mol. The van der Waals surface area contributed by atoms with E-state index in [0.29, 0.717) is 10.7 Å². The summed E-state index contributed by atoms with van der Waals surface area (Å²) >= 11 is 5.80. The summed E-state index contributed by atoms with van der Waals surface area (Å²) in [4.78, 5) is 11.8. The highest BCUT2D eigenvalue weighted by Crippen LogP contribution is 2.34. The average Bonchev–Trinajstić information content (AvgIpc) is 2.45. The summed E-state index contributed by atoms with van der Waals surface area (Å²) in [6, 6.07) is 11.5. The molecule has 1 amide bonds. The number of alkyl halides is 3. The van der Waals surface area contributed by atoms with Gasteiger partial charge in [0.05, 0.1) is 17.8 Å². The van der Waals surface area contributed by atoms with Crippen LogP contribution in [0.15, 0.2) is 48.5 Å². The van der Waals surface area contributed by atoms with E-state index in [-0.39, 0.29) is 12.2 Å². The van der Waals surface area contributed by atoms with Gasteiger partial charge in [-0.25, -0.2) is 0 Å². The Balaban J connectivity index is 2.01. The van der Waals surface area contributed by atoms with Gasteiger partial charge in [0.25, 0.3) is 0 Å². The molecule has 2 aromatic rings. The van der Waals surface area contributed by atoms with E-state index in [1.165, 1.54) is 18.2 Å². The third kappa shape index (κ3) is 4.39. The van der Waals surface area contributed by atoms with E-state index in [1.807, 2.05) is 0 Å². The monoisotopic (exact) mass is 328 g/mol. The smallest absolute Gasteiger partial charge is 0.376 e. The van der Waals surface area contributed by atoms with E-state index < -0.39 is 17.6 Å². The topological polar surface area (TPSA) is 41.1 Å². The number of anilines is 2. The van der Waals surface area contributed by atoms with Crippen LogP contribution in [-0.2, 0) is 11.0 Å². The minimum absolute atomic E-state index is 0.174. The number of carbonyl (C=O) groups excluding carboxylic acids is 1. The highest BCUT2D eigenvalue weighted by Gasteiger charge is 2.33. The SMILES string of the molecule is O=C(CNc1cccc(Cl)c1)Nc1ccccc1C(F)(F)F. The third-order valence-corrected chi connectivity index (χ3v) is 3.02. The van der Waals surface area contributed by atoms with Gasteiger partial charge in [-0.05, 0) is 30.3 Å². The molecular formula is C15H12ClF3N2O. The van der Waals surface area contributed by atoms with Gasteiger partial charge in [0.2, 0.25) is 5.91 Å². The second kappa shape index (κ2) is 6.70. The van der Waals surface area contributed by atoms with E-state index >= 15 is 0 Å². The Morgan fingerprint density at radius 2 is 1.82 bits per heavy atom. The lowest BCUT2D eigenvalue weighted by Gasteiger charge is -2.14. The molecule has 7 heteroatoms. The van der Waals surface area contributed by atoms with Crippen molar-refractivity contribution < 1.29 is 18.0 Å². The largest absolute Gasteiger partial charge is 0.418 e. The number of amides is 1. The molecule has 0 bridgehead atoms. The molecule has 0 fully saturated rings. The predicted molar refractivity (Wildman–Crippen MR) is 80.0 cm³/mol. The van der Waals surface area contributed by atoms with Crippen molar-refractivity contribution in [3.05, 3.63) is 59.1 Å². The Morgan fingerprint density at radius 3 is 2.50 bits per heavy atom. The minimum atomic E-state index is -4.52. The molecule has 22 heavy (non-hydrogen) atoms. The first-order valence-electron chi connectivity index (χ1n) is 6.32. The van der Waals surface area contributed by atoms with Crippen molar-refractivity contribution in [1.82, 2.24) is 0 Å². The van der Waals surface area contributed by atoms with E-state index in [1.54, 1.807) is 24.3 Å². The van der Waals surface area contributed by atoms with Gasteiger partial charge in [-0.15, -0.1) is 0 Å². The summed E-state index contributed by atoms with van der Waals surface area (Å²) in [6.07, 6.45) is -4.52. The van der Waals surface area contributed by atoms with Crippen LogP contribution in [0.1, 0.15) is 5.56 Å². The van der Waals surface area contributed by atoms with Crippen molar-refractivity contribution in [3.63, 3.8) is 0 Å². The highest BCUT2D eigenvalue weighted by molar-refractivity contribution is 6.30. The van der Waals surface area contributed by atoms with Crippen LogP contribution in [0.25, 0.3) is 0 Å². The van der Waals surface area contributed by atoms with Crippen LogP contribution in [0.2, 0.25) is 5.02 Å². The van der Waals surface area contributed by atoms with Gasteiger partial charge in [0.15, 0.2) is 0 Å². The van der Waals surface area contributed by atoms with Gasteiger partial charge in [-0.3, -0.25) is 4.79 Å². The van der Waals surface area contributed by atoms with Gasteiger partial charge in [-0.1, -0.05) is 29.8 Å². The standard InChI is InChI=1S/C15H12ClF3N2O/c16-10-4-3-5-11(8-10)20-9-14(22)21-13-7-2-1-6-12(13)15(17,18)19/h1-8,20H,9H2,(H,21,22). The summed E-state index contributed by atoms with van der Waals surface area (Å²) in [5, 5.41) is 5.53. The lowest BCUT2D eigenvalue weighted by molar-refractivity contribution is -0.137. The maximum Gasteiger partial charge on any atom is 0.418 e. The van der Waals surface area contributed by atoms with Crippen LogP contribution in [0.4, 0.5) is 24.5 Å². The van der Waals surface area contributed by atoms with E-state index in [2.05, 4.69) is 10.6 Å². The number of hydrogen-bond donors (Lipinski definition) is 2. The molecule has 0 aliphatic carbocycles. The van der Waals surface area contributed by atoms with Gasteiger partial charge in [0.1, 0.15) is 0 Å². The number of para-hydroxylation sites is 1. The fourth-order valence-corrected chi connectivity index (χ4v) is 2.00. The van der Waals surface area contributed by atoms with Gasteiger partial charge in [0, 0.05) is 10.7 Å². The van der Waals surface area contributed by atoms with Crippen LogP contribution in [-0.4, -0.2) is 12.5 Å². The third-order valence-electron chi connectivity index (χ3n) is 2.78.